The van der Waals surface area contributed by atoms with Crippen molar-refractivity contribution >= 4 is 11.4 Å². The molecule has 0 fully saturated rings. The summed E-state index contributed by atoms with van der Waals surface area (Å²) in [5, 5.41) is 0. The lowest BCUT2D eigenvalue weighted by Gasteiger charge is -2.09. The first kappa shape index (κ1) is 15.6. The van der Waals surface area contributed by atoms with Gasteiger partial charge in [0, 0.05) is 35.6 Å². The second-order valence-corrected chi connectivity index (χ2v) is 5.12. The van der Waals surface area contributed by atoms with Crippen LogP contribution >= 0.6 is 0 Å². The third kappa shape index (κ3) is 3.92. The van der Waals surface area contributed by atoms with Crippen LogP contribution in [0, 0.1) is 11.6 Å². The van der Waals surface area contributed by atoms with Crippen molar-refractivity contribution in [1.29, 1.82) is 0 Å². The molecule has 0 aliphatic heterocycles. The van der Waals surface area contributed by atoms with Gasteiger partial charge in [-0.15, -0.1) is 0 Å². The molecule has 0 amide bonds. The van der Waals surface area contributed by atoms with E-state index in [2.05, 4.69) is 0 Å². The normalized spacial score (nSPS) is 10.4. The van der Waals surface area contributed by atoms with Gasteiger partial charge in [0.15, 0.2) is 0 Å². The lowest BCUT2D eigenvalue weighted by molar-refractivity contribution is 0.464. The highest BCUT2D eigenvalue weighted by atomic mass is 19.1. The second-order valence-electron chi connectivity index (χ2n) is 5.12. The van der Waals surface area contributed by atoms with E-state index in [1.54, 1.807) is 24.3 Å². The van der Waals surface area contributed by atoms with Crippen LogP contribution in [0.3, 0.4) is 0 Å². The average Bonchev–Trinajstić information content (AvgIpc) is 2.47. The van der Waals surface area contributed by atoms with Crippen LogP contribution in [0.5, 0.6) is 23.0 Å². The molecule has 3 rings (SSSR count). The zero-order chi connectivity index (χ0) is 17.1. The first-order chi connectivity index (χ1) is 11.5. The fraction of sp³-hybridized carbons (Fsp3) is 0. The fourth-order valence-electron chi connectivity index (χ4n) is 2.13. The van der Waals surface area contributed by atoms with E-state index in [1.807, 2.05) is 0 Å². The summed E-state index contributed by atoms with van der Waals surface area (Å²) >= 11 is 0. The van der Waals surface area contributed by atoms with Crippen molar-refractivity contribution in [1.82, 2.24) is 0 Å². The molecule has 0 radical (unpaired) electrons. The van der Waals surface area contributed by atoms with E-state index in [1.165, 1.54) is 36.4 Å². The Morgan fingerprint density at radius 3 is 1.25 bits per heavy atom. The maximum atomic E-state index is 13.3. The number of nitrogen functional groups attached to an aromatic ring is 2. The van der Waals surface area contributed by atoms with Crippen LogP contribution in [0.15, 0.2) is 60.7 Å². The molecule has 0 aliphatic rings. The summed E-state index contributed by atoms with van der Waals surface area (Å²) < 4.78 is 37.6. The molecule has 0 saturated carbocycles. The molecule has 0 aliphatic carbocycles. The Balaban J connectivity index is 1.73. The number of benzene rings is 3. The van der Waals surface area contributed by atoms with E-state index in [0.29, 0.717) is 23.0 Å². The third-order valence-corrected chi connectivity index (χ3v) is 3.08. The van der Waals surface area contributed by atoms with Crippen molar-refractivity contribution in [2.75, 3.05) is 11.5 Å². The Morgan fingerprint density at radius 2 is 0.917 bits per heavy atom. The van der Waals surface area contributed by atoms with E-state index in [-0.39, 0.29) is 11.4 Å². The molecule has 0 atom stereocenters. The van der Waals surface area contributed by atoms with Gasteiger partial charge in [-0.1, -0.05) is 0 Å². The number of anilines is 2. The van der Waals surface area contributed by atoms with E-state index in [4.69, 9.17) is 20.9 Å². The Bertz CT molecular complexity index is 754. The molecule has 0 aromatic heterocycles. The zero-order valence-corrected chi connectivity index (χ0v) is 12.5. The highest BCUT2D eigenvalue weighted by Crippen LogP contribution is 2.29. The molecular weight excluding hydrogens is 314 g/mol. The molecule has 4 nitrogen and oxygen atoms in total. The smallest absolute Gasteiger partial charge is 0.132 e. The first-order valence-electron chi connectivity index (χ1n) is 7.06. The Labute approximate surface area is 137 Å². The average molecular weight is 328 g/mol. The van der Waals surface area contributed by atoms with Crippen molar-refractivity contribution < 1.29 is 18.3 Å². The molecule has 3 aromatic carbocycles. The van der Waals surface area contributed by atoms with Gasteiger partial charge in [0.1, 0.15) is 34.6 Å². The predicted octanol–water partition coefficient (Wildman–Crippen LogP) is 4.71. The minimum Gasteiger partial charge on any atom is -0.457 e. The summed E-state index contributed by atoms with van der Waals surface area (Å²) in [7, 11) is 0. The summed E-state index contributed by atoms with van der Waals surface area (Å²) in [6.45, 7) is 0. The Kier molecular flexibility index (Phi) is 4.20. The standard InChI is InChI=1S/C18H14F2N2O2/c19-11-5-13(21)9-17(7-11)23-15-1-2-16(4-3-15)24-18-8-12(20)6-14(22)10-18/h1-10H,21-22H2. The molecule has 4 N–H and O–H groups in total. The zero-order valence-electron chi connectivity index (χ0n) is 12.5. The van der Waals surface area contributed by atoms with E-state index in [9.17, 15) is 8.78 Å². The summed E-state index contributed by atoms with van der Waals surface area (Å²) in [5.74, 6) is 0.581. The lowest BCUT2D eigenvalue weighted by Crippen LogP contribution is -1.91. The molecule has 6 heteroatoms. The monoisotopic (exact) mass is 328 g/mol. The Morgan fingerprint density at radius 1 is 0.542 bits per heavy atom. The van der Waals surface area contributed by atoms with Crippen LogP contribution in [0.4, 0.5) is 20.2 Å². The number of nitrogens with two attached hydrogens (primary N) is 2. The van der Waals surface area contributed by atoms with Crippen molar-refractivity contribution in [3.05, 3.63) is 72.3 Å². The molecule has 122 valence electrons. The van der Waals surface area contributed by atoms with Crippen molar-refractivity contribution in [3.63, 3.8) is 0 Å². The minimum absolute atomic E-state index is 0.272. The number of rotatable bonds is 4. The quantitative estimate of drug-likeness (QED) is 0.680. The van der Waals surface area contributed by atoms with Crippen LogP contribution in [0.1, 0.15) is 0 Å². The van der Waals surface area contributed by atoms with E-state index in [0.717, 1.165) is 0 Å². The highest BCUT2D eigenvalue weighted by molar-refractivity contribution is 5.47. The first-order valence-corrected chi connectivity index (χ1v) is 7.06. The van der Waals surface area contributed by atoms with Gasteiger partial charge >= 0.3 is 0 Å². The molecule has 0 unspecified atom stereocenters. The van der Waals surface area contributed by atoms with Crippen molar-refractivity contribution in [2.45, 2.75) is 0 Å². The predicted molar refractivity (Wildman–Crippen MR) is 88.2 cm³/mol. The maximum absolute atomic E-state index is 13.3. The molecule has 0 saturated heterocycles. The minimum atomic E-state index is -0.478. The van der Waals surface area contributed by atoms with Crippen molar-refractivity contribution in [3.8, 4) is 23.0 Å². The van der Waals surface area contributed by atoms with Crippen LogP contribution in [0.2, 0.25) is 0 Å². The van der Waals surface area contributed by atoms with Crippen LogP contribution in [0.25, 0.3) is 0 Å². The van der Waals surface area contributed by atoms with Gasteiger partial charge in [0.05, 0.1) is 0 Å². The lowest BCUT2D eigenvalue weighted by atomic mass is 10.2. The molecule has 3 aromatic rings. The summed E-state index contributed by atoms with van der Waals surface area (Å²) in [4.78, 5) is 0. The topological polar surface area (TPSA) is 70.5 Å². The van der Waals surface area contributed by atoms with Gasteiger partial charge in [0.25, 0.3) is 0 Å². The highest BCUT2D eigenvalue weighted by Gasteiger charge is 2.04. The molecule has 24 heavy (non-hydrogen) atoms. The van der Waals surface area contributed by atoms with Gasteiger partial charge < -0.3 is 20.9 Å². The van der Waals surface area contributed by atoms with Crippen LogP contribution in [-0.4, -0.2) is 0 Å². The third-order valence-electron chi connectivity index (χ3n) is 3.08. The number of hydrogen-bond donors (Lipinski definition) is 2. The van der Waals surface area contributed by atoms with Crippen LogP contribution in [-0.2, 0) is 0 Å². The van der Waals surface area contributed by atoms with E-state index >= 15 is 0 Å². The van der Waals surface area contributed by atoms with Gasteiger partial charge in [-0.05, 0) is 36.4 Å². The molecule has 0 bridgehead atoms. The second kappa shape index (κ2) is 6.45. The fourth-order valence-corrected chi connectivity index (χ4v) is 2.13. The van der Waals surface area contributed by atoms with Gasteiger partial charge in [-0.25, -0.2) is 8.78 Å². The summed E-state index contributed by atoms with van der Waals surface area (Å²) in [6, 6.07) is 14.5. The summed E-state index contributed by atoms with van der Waals surface area (Å²) in [5.41, 5.74) is 11.7. The van der Waals surface area contributed by atoms with E-state index < -0.39 is 11.6 Å². The van der Waals surface area contributed by atoms with Crippen LogP contribution < -0.4 is 20.9 Å². The van der Waals surface area contributed by atoms with Gasteiger partial charge in [-0.2, -0.15) is 0 Å². The number of ether oxygens (including phenoxy) is 2. The molecule has 0 heterocycles. The van der Waals surface area contributed by atoms with Gasteiger partial charge in [-0.3, -0.25) is 0 Å². The maximum Gasteiger partial charge on any atom is 0.132 e. The van der Waals surface area contributed by atoms with Crippen molar-refractivity contribution in [2.24, 2.45) is 0 Å². The number of halogens is 2. The molecule has 0 spiro atoms. The Hall–Kier alpha value is -3.28. The van der Waals surface area contributed by atoms with Gasteiger partial charge in [0.2, 0.25) is 0 Å². The SMILES string of the molecule is Nc1cc(F)cc(Oc2ccc(Oc3cc(N)cc(F)c3)cc2)c1. The largest absolute Gasteiger partial charge is 0.457 e. The number of hydrogen-bond acceptors (Lipinski definition) is 4. The molecular formula is C18H14F2N2O2. The summed E-state index contributed by atoms with van der Waals surface area (Å²) in [6.07, 6.45) is 0.